The van der Waals surface area contributed by atoms with Crippen molar-refractivity contribution in [2.45, 2.75) is 60.3 Å². The fourth-order valence-electron chi connectivity index (χ4n) is 4.55. The first-order valence-electron chi connectivity index (χ1n) is 12.3. The van der Waals surface area contributed by atoms with Crippen molar-refractivity contribution in [1.29, 1.82) is 0 Å². The maximum Gasteiger partial charge on any atom is 0.268 e. The molecule has 3 aromatic heterocycles. The number of benzene rings is 1. The monoisotopic (exact) mass is 491 g/mol. The second-order valence-corrected chi connectivity index (χ2v) is 9.68. The van der Waals surface area contributed by atoms with Crippen LogP contribution in [0.5, 0.6) is 0 Å². The first kappa shape index (κ1) is 24.9. The number of aromatic nitrogens is 4. The summed E-state index contributed by atoms with van der Waals surface area (Å²) in [5.74, 6) is 0.0405. The van der Waals surface area contributed by atoms with Crippen LogP contribution in [-0.4, -0.2) is 43.1 Å². The fourth-order valence-corrected chi connectivity index (χ4v) is 5.47. The Morgan fingerprint density at radius 1 is 1.09 bits per heavy atom. The molecule has 0 bridgehead atoms. The molecule has 0 N–H and O–H groups in total. The molecule has 0 aliphatic heterocycles. The summed E-state index contributed by atoms with van der Waals surface area (Å²) in [6, 6.07) is 10.1. The van der Waals surface area contributed by atoms with Gasteiger partial charge in [-0.05, 0) is 50.8 Å². The molecule has 184 valence electrons. The smallest absolute Gasteiger partial charge is 0.268 e. The van der Waals surface area contributed by atoms with Gasteiger partial charge in [0.2, 0.25) is 5.91 Å². The van der Waals surface area contributed by atoms with Crippen LogP contribution < -0.4 is 5.56 Å². The second kappa shape index (κ2) is 10.6. The van der Waals surface area contributed by atoms with Gasteiger partial charge in [-0.15, -0.1) is 11.3 Å². The van der Waals surface area contributed by atoms with Gasteiger partial charge in [-0.3, -0.25) is 14.0 Å². The molecular weight excluding hydrogens is 458 g/mol. The van der Waals surface area contributed by atoms with Crippen LogP contribution in [0.2, 0.25) is 0 Å². The lowest BCUT2D eigenvalue weighted by atomic mass is 10.1. The van der Waals surface area contributed by atoms with Crippen LogP contribution in [0.1, 0.15) is 56.3 Å². The van der Waals surface area contributed by atoms with Crippen molar-refractivity contribution in [3.05, 3.63) is 68.7 Å². The normalized spacial score (nSPS) is 11.3. The summed E-state index contributed by atoms with van der Waals surface area (Å²) in [4.78, 5) is 34.0. The van der Waals surface area contributed by atoms with Crippen LogP contribution in [0, 0.1) is 13.8 Å². The Labute approximate surface area is 210 Å². The Hall–Kier alpha value is -3.26. The molecule has 0 aliphatic rings. The van der Waals surface area contributed by atoms with E-state index < -0.39 is 0 Å². The minimum atomic E-state index is -0.178. The molecule has 1 aromatic carbocycles. The topological polar surface area (TPSA) is 72.5 Å². The zero-order valence-electron chi connectivity index (χ0n) is 21.2. The second-order valence-electron chi connectivity index (χ2n) is 8.84. The third-order valence-electron chi connectivity index (χ3n) is 6.24. The highest BCUT2D eigenvalue weighted by Gasteiger charge is 2.21. The zero-order chi connectivity index (χ0) is 25.1. The van der Waals surface area contributed by atoms with Crippen molar-refractivity contribution in [1.82, 2.24) is 24.1 Å². The number of aryl methyl sites for hydroxylation is 3. The summed E-state index contributed by atoms with van der Waals surface area (Å²) < 4.78 is 3.49. The molecule has 35 heavy (non-hydrogen) atoms. The predicted molar refractivity (Wildman–Crippen MR) is 142 cm³/mol. The average Bonchev–Trinajstić information content (AvgIpc) is 3.41. The number of para-hydroxylation sites is 1. The molecule has 0 aliphatic carbocycles. The van der Waals surface area contributed by atoms with E-state index in [1.807, 2.05) is 53.1 Å². The fraction of sp³-hybridized carbons (Fsp3) is 0.407. The number of fused-ring (bicyclic) bond motifs is 1. The number of hydrogen-bond acceptors (Lipinski definition) is 5. The highest BCUT2D eigenvalue weighted by molar-refractivity contribution is 7.15. The van der Waals surface area contributed by atoms with Crippen LogP contribution in [0.4, 0.5) is 0 Å². The Kier molecular flexibility index (Phi) is 7.50. The highest BCUT2D eigenvalue weighted by Crippen LogP contribution is 2.25. The molecule has 4 aromatic rings. The number of nitrogens with zero attached hydrogens (tertiary/aromatic N) is 5. The highest BCUT2D eigenvalue weighted by atomic mass is 32.1. The van der Waals surface area contributed by atoms with E-state index in [0.717, 1.165) is 43.7 Å². The van der Waals surface area contributed by atoms with Gasteiger partial charge in [0.1, 0.15) is 5.69 Å². The minimum Gasteiger partial charge on any atom is -0.342 e. The molecule has 0 saturated heterocycles. The molecule has 8 heteroatoms. The van der Waals surface area contributed by atoms with Crippen molar-refractivity contribution in [3.8, 4) is 16.9 Å². The standard InChI is InChI=1S/C27H33N5O2S/c1-6-13-30(14-7-2)24(33)16-21-17-35-27-28-19(5)25(26(34)31(21)27)22-15-18(4)32(29-22)23-12-10-9-11-20(23)8-3/h9-12,15,17H,6-8,13-14,16H2,1-5H3. The first-order valence-corrected chi connectivity index (χ1v) is 13.2. The molecule has 3 heterocycles. The number of hydrogen-bond donors (Lipinski definition) is 0. The number of carbonyl (C=O) groups is 1. The van der Waals surface area contributed by atoms with Crippen LogP contribution in [0.25, 0.3) is 21.9 Å². The first-order chi connectivity index (χ1) is 16.9. The van der Waals surface area contributed by atoms with Crippen LogP contribution in [0.3, 0.4) is 0 Å². The van der Waals surface area contributed by atoms with E-state index in [1.165, 1.54) is 16.9 Å². The molecule has 0 saturated carbocycles. The van der Waals surface area contributed by atoms with E-state index >= 15 is 0 Å². The van der Waals surface area contributed by atoms with E-state index in [1.54, 1.807) is 4.40 Å². The summed E-state index contributed by atoms with van der Waals surface area (Å²) in [5.41, 5.74) is 5.36. The van der Waals surface area contributed by atoms with Crippen LogP contribution in [-0.2, 0) is 17.6 Å². The number of rotatable bonds is 9. The summed E-state index contributed by atoms with van der Waals surface area (Å²) in [7, 11) is 0. The molecule has 0 spiro atoms. The van der Waals surface area contributed by atoms with E-state index in [-0.39, 0.29) is 17.9 Å². The molecule has 1 amide bonds. The summed E-state index contributed by atoms with van der Waals surface area (Å²) >= 11 is 1.39. The maximum atomic E-state index is 13.8. The maximum absolute atomic E-state index is 13.8. The van der Waals surface area contributed by atoms with E-state index in [4.69, 9.17) is 10.1 Å². The van der Waals surface area contributed by atoms with Gasteiger partial charge in [-0.2, -0.15) is 5.10 Å². The predicted octanol–water partition coefficient (Wildman–Crippen LogP) is 4.98. The quantitative estimate of drug-likeness (QED) is 0.331. The number of thiazole rings is 1. The lowest BCUT2D eigenvalue weighted by molar-refractivity contribution is -0.130. The van der Waals surface area contributed by atoms with Crippen LogP contribution in [0.15, 0.2) is 40.5 Å². The molecule has 0 fully saturated rings. The minimum absolute atomic E-state index is 0.0405. The zero-order valence-corrected chi connectivity index (χ0v) is 22.0. The van der Waals surface area contributed by atoms with Crippen LogP contribution >= 0.6 is 11.3 Å². The molecule has 4 rings (SSSR count). The number of amides is 1. The van der Waals surface area contributed by atoms with Gasteiger partial charge in [0.15, 0.2) is 4.96 Å². The Morgan fingerprint density at radius 3 is 2.49 bits per heavy atom. The van der Waals surface area contributed by atoms with E-state index in [0.29, 0.717) is 27.6 Å². The van der Waals surface area contributed by atoms with Crippen molar-refractivity contribution < 1.29 is 4.79 Å². The Bertz CT molecular complexity index is 1410. The van der Waals surface area contributed by atoms with Crippen molar-refractivity contribution >= 4 is 22.2 Å². The average molecular weight is 492 g/mol. The van der Waals surface area contributed by atoms with Gasteiger partial charge < -0.3 is 4.90 Å². The third-order valence-corrected chi connectivity index (χ3v) is 7.11. The molecule has 0 atom stereocenters. The van der Waals surface area contributed by atoms with Gasteiger partial charge in [0.25, 0.3) is 5.56 Å². The Morgan fingerprint density at radius 2 is 1.80 bits per heavy atom. The van der Waals surface area contributed by atoms with Gasteiger partial charge in [0, 0.05) is 29.9 Å². The van der Waals surface area contributed by atoms with E-state index in [2.05, 4.69) is 26.8 Å². The van der Waals surface area contributed by atoms with Gasteiger partial charge in [-0.25, -0.2) is 9.67 Å². The molecule has 0 unspecified atom stereocenters. The van der Waals surface area contributed by atoms with E-state index in [9.17, 15) is 9.59 Å². The van der Waals surface area contributed by atoms with Gasteiger partial charge in [0.05, 0.1) is 23.4 Å². The van der Waals surface area contributed by atoms with Crippen molar-refractivity contribution in [2.75, 3.05) is 13.1 Å². The Balaban J connectivity index is 1.78. The van der Waals surface area contributed by atoms with Gasteiger partial charge >= 0.3 is 0 Å². The lowest BCUT2D eigenvalue weighted by Crippen LogP contribution is -2.34. The molecule has 7 nitrogen and oxygen atoms in total. The molecule has 0 radical (unpaired) electrons. The largest absolute Gasteiger partial charge is 0.342 e. The SMILES string of the molecule is CCCN(CCC)C(=O)Cc1csc2nc(C)c(-c3cc(C)n(-c4ccccc4CC)n3)c(=O)n12. The number of carbonyl (C=O) groups excluding carboxylic acids is 1. The summed E-state index contributed by atoms with van der Waals surface area (Å²) in [5, 5.41) is 6.71. The summed E-state index contributed by atoms with van der Waals surface area (Å²) in [6.45, 7) is 11.5. The lowest BCUT2D eigenvalue weighted by Gasteiger charge is -2.21. The summed E-state index contributed by atoms with van der Waals surface area (Å²) in [6.07, 6.45) is 2.88. The van der Waals surface area contributed by atoms with Crippen molar-refractivity contribution in [3.63, 3.8) is 0 Å². The van der Waals surface area contributed by atoms with Gasteiger partial charge in [-0.1, -0.05) is 39.0 Å². The third kappa shape index (κ3) is 4.80. The molecular formula is C27H33N5O2S. The van der Waals surface area contributed by atoms with Crippen molar-refractivity contribution in [2.24, 2.45) is 0 Å².